The first-order valence-electron chi connectivity index (χ1n) is 6.01. The molecule has 7 heteroatoms. The molecule has 6 nitrogen and oxygen atoms in total. The minimum atomic E-state index is -2.62. The van der Waals surface area contributed by atoms with Crippen molar-refractivity contribution in [3.8, 4) is 0 Å². The molecule has 1 N–H and O–H groups in total. The van der Waals surface area contributed by atoms with Crippen LogP contribution >= 0.6 is 7.29 Å². The van der Waals surface area contributed by atoms with Gasteiger partial charge in [0.1, 0.15) is 0 Å². The molecule has 0 fully saturated rings. The van der Waals surface area contributed by atoms with E-state index in [4.69, 9.17) is 9.47 Å². The van der Waals surface area contributed by atoms with Crippen molar-refractivity contribution in [2.75, 3.05) is 26.5 Å². The Balaban J connectivity index is 3.53. The second kappa shape index (κ2) is 8.97. The first-order chi connectivity index (χ1) is 8.35. The lowest BCUT2D eigenvalue weighted by atomic mass is 10.3. The van der Waals surface area contributed by atoms with Crippen LogP contribution in [0.3, 0.4) is 0 Å². The van der Waals surface area contributed by atoms with Gasteiger partial charge in [-0.1, -0.05) is 13.3 Å². The Kier molecular flexibility index (Phi) is 8.46. The highest BCUT2D eigenvalue weighted by molar-refractivity contribution is 7.60. The first-order valence-corrected chi connectivity index (χ1v) is 8.61. The van der Waals surface area contributed by atoms with E-state index in [1.165, 1.54) is 13.3 Å². The van der Waals surface area contributed by atoms with Gasteiger partial charge >= 0.3 is 12.1 Å². The monoisotopic (exact) mass is 279 g/mol. The third-order valence-corrected chi connectivity index (χ3v) is 2.60. The number of hydrogen-bond acceptors (Lipinski definition) is 5. The molecule has 0 saturated carbocycles. The lowest BCUT2D eigenvalue weighted by Gasteiger charge is -2.09. The largest absolute Gasteiger partial charge is 0.466 e. The fourth-order valence-electron chi connectivity index (χ4n) is 1.04. The molecule has 106 valence electrons. The van der Waals surface area contributed by atoms with Crippen molar-refractivity contribution in [2.24, 2.45) is 0 Å². The predicted octanol–water partition coefficient (Wildman–Crippen LogP) is 2.37. The molecule has 0 radical (unpaired) electrons. The zero-order valence-corrected chi connectivity index (χ0v) is 12.1. The quantitative estimate of drug-likeness (QED) is 0.419. The maximum atomic E-state index is 11.2. The maximum Gasteiger partial charge on any atom is 0.412 e. The van der Waals surface area contributed by atoms with Gasteiger partial charge in [0.15, 0.2) is 7.29 Å². The summed E-state index contributed by atoms with van der Waals surface area (Å²) in [5.41, 5.74) is 0. The number of unbranched alkanes of at least 4 members (excludes halogenated alkanes) is 1. The summed E-state index contributed by atoms with van der Waals surface area (Å²) < 4.78 is 20.9. The lowest BCUT2D eigenvalue weighted by molar-refractivity contribution is -0.144. The average Bonchev–Trinajstić information content (AvgIpc) is 2.22. The number of amides is 1. The van der Waals surface area contributed by atoms with Gasteiger partial charge in [-0.3, -0.25) is 9.88 Å². The normalized spacial score (nSPS) is 10.8. The van der Waals surface area contributed by atoms with E-state index in [1.54, 1.807) is 0 Å². The van der Waals surface area contributed by atoms with Gasteiger partial charge in [-0.2, -0.15) is 0 Å². The Morgan fingerprint density at radius 2 is 1.72 bits per heavy atom. The SMILES string of the molecule is CCCCOC(=O)CCCOC(=O)NP(C)(C)=O. The summed E-state index contributed by atoms with van der Waals surface area (Å²) in [5, 5.41) is 2.23. The molecule has 0 aliphatic rings. The molecular formula is C11H22NO5P. The van der Waals surface area contributed by atoms with Crippen molar-refractivity contribution in [3.05, 3.63) is 0 Å². The molecule has 0 aliphatic carbocycles. The fraction of sp³-hybridized carbons (Fsp3) is 0.818. The number of ether oxygens (including phenoxy) is 2. The van der Waals surface area contributed by atoms with Gasteiger partial charge in [0, 0.05) is 19.8 Å². The third kappa shape index (κ3) is 11.5. The predicted molar refractivity (Wildman–Crippen MR) is 69.0 cm³/mol. The first kappa shape index (κ1) is 17.0. The molecule has 0 bridgehead atoms. The zero-order valence-electron chi connectivity index (χ0n) is 11.2. The maximum absolute atomic E-state index is 11.2. The van der Waals surface area contributed by atoms with E-state index in [0.717, 1.165) is 12.8 Å². The van der Waals surface area contributed by atoms with Crippen molar-refractivity contribution in [1.29, 1.82) is 0 Å². The van der Waals surface area contributed by atoms with Crippen LogP contribution in [-0.4, -0.2) is 38.6 Å². The van der Waals surface area contributed by atoms with Crippen molar-refractivity contribution >= 4 is 19.4 Å². The summed E-state index contributed by atoms with van der Waals surface area (Å²) >= 11 is 0. The van der Waals surface area contributed by atoms with Crippen LogP contribution in [0.1, 0.15) is 32.6 Å². The van der Waals surface area contributed by atoms with Gasteiger partial charge in [-0.25, -0.2) is 4.79 Å². The second-order valence-corrected chi connectivity index (χ2v) is 7.20. The summed E-state index contributed by atoms with van der Waals surface area (Å²) in [6, 6.07) is 0. The lowest BCUT2D eigenvalue weighted by Crippen LogP contribution is -2.21. The van der Waals surface area contributed by atoms with Crippen molar-refractivity contribution in [3.63, 3.8) is 0 Å². The summed E-state index contributed by atoms with van der Waals surface area (Å²) in [6.45, 7) is 5.42. The van der Waals surface area contributed by atoms with Crippen molar-refractivity contribution in [1.82, 2.24) is 5.09 Å². The van der Waals surface area contributed by atoms with E-state index >= 15 is 0 Å². The van der Waals surface area contributed by atoms with Crippen LogP contribution in [0.2, 0.25) is 0 Å². The minimum absolute atomic E-state index is 0.106. The molecule has 0 aromatic heterocycles. The Bertz CT molecular complexity index is 313. The van der Waals surface area contributed by atoms with Crippen LogP contribution in [0.5, 0.6) is 0 Å². The van der Waals surface area contributed by atoms with Crippen LogP contribution in [-0.2, 0) is 18.8 Å². The second-order valence-electron chi connectivity index (χ2n) is 4.28. The molecule has 0 aromatic carbocycles. The highest BCUT2D eigenvalue weighted by atomic mass is 31.2. The molecule has 0 aromatic rings. The molecule has 18 heavy (non-hydrogen) atoms. The van der Waals surface area contributed by atoms with Crippen LogP contribution in [0, 0.1) is 0 Å². The molecule has 0 rings (SSSR count). The van der Waals surface area contributed by atoms with E-state index in [0.29, 0.717) is 13.0 Å². The number of carbonyl (C=O) groups is 2. The van der Waals surface area contributed by atoms with Crippen LogP contribution < -0.4 is 5.09 Å². The summed E-state index contributed by atoms with van der Waals surface area (Å²) in [5.74, 6) is -0.288. The van der Waals surface area contributed by atoms with Crippen LogP contribution in [0.25, 0.3) is 0 Å². The number of carbonyl (C=O) groups excluding carboxylic acids is 2. The molecule has 0 unspecified atom stereocenters. The summed E-state index contributed by atoms with van der Waals surface area (Å²) in [6.07, 6.45) is 1.73. The van der Waals surface area contributed by atoms with E-state index in [9.17, 15) is 14.2 Å². The molecule has 1 amide bonds. The Hall–Kier alpha value is -1.03. The van der Waals surface area contributed by atoms with E-state index in [2.05, 4.69) is 5.09 Å². The van der Waals surface area contributed by atoms with Gasteiger partial charge in [0.05, 0.1) is 13.2 Å². The van der Waals surface area contributed by atoms with Crippen LogP contribution in [0.4, 0.5) is 4.79 Å². The molecule has 0 heterocycles. The molecule has 0 aliphatic heterocycles. The number of hydrogen-bond donors (Lipinski definition) is 1. The number of esters is 1. The van der Waals surface area contributed by atoms with Gasteiger partial charge in [-0.05, 0) is 12.8 Å². The third-order valence-electron chi connectivity index (χ3n) is 1.88. The Morgan fingerprint density at radius 3 is 2.28 bits per heavy atom. The highest BCUT2D eigenvalue weighted by Crippen LogP contribution is 2.29. The molecule has 0 spiro atoms. The minimum Gasteiger partial charge on any atom is -0.466 e. The molecule has 0 saturated heterocycles. The highest BCUT2D eigenvalue weighted by Gasteiger charge is 2.12. The molecule has 0 atom stereocenters. The standard InChI is InChI=1S/C11H22NO5P/c1-4-5-8-16-10(13)7-6-9-17-11(14)12-18(2,3)15/h4-9H2,1-3H3,(H,12,14,15). The van der Waals surface area contributed by atoms with Crippen molar-refractivity contribution < 1.29 is 23.6 Å². The number of nitrogens with one attached hydrogen (secondary N) is 1. The zero-order chi connectivity index (χ0) is 14.0. The van der Waals surface area contributed by atoms with Crippen molar-refractivity contribution in [2.45, 2.75) is 32.6 Å². The van der Waals surface area contributed by atoms with Gasteiger partial charge in [-0.15, -0.1) is 0 Å². The van der Waals surface area contributed by atoms with Gasteiger partial charge in [0.2, 0.25) is 0 Å². The average molecular weight is 279 g/mol. The Morgan fingerprint density at radius 1 is 1.11 bits per heavy atom. The van der Waals surface area contributed by atoms with E-state index in [1.807, 2.05) is 6.92 Å². The smallest absolute Gasteiger partial charge is 0.412 e. The van der Waals surface area contributed by atoms with E-state index in [-0.39, 0.29) is 19.0 Å². The summed E-state index contributed by atoms with van der Waals surface area (Å²) in [4.78, 5) is 22.3. The fourth-order valence-corrected chi connectivity index (χ4v) is 1.54. The number of rotatable bonds is 8. The van der Waals surface area contributed by atoms with Gasteiger partial charge in [0.25, 0.3) is 0 Å². The summed E-state index contributed by atoms with van der Waals surface area (Å²) in [7, 11) is -2.62. The topological polar surface area (TPSA) is 81.7 Å². The van der Waals surface area contributed by atoms with E-state index < -0.39 is 13.4 Å². The Labute approximate surface area is 108 Å². The molecular weight excluding hydrogens is 257 g/mol. The van der Waals surface area contributed by atoms with Crippen LogP contribution in [0.15, 0.2) is 0 Å². The van der Waals surface area contributed by atoms with Gasteiger partial charge < -0.3 is 14.0 Å².